The average molecular weight is 362 g/mol. The Morgan fingerprint density at radius 3 is 2.45 bits per heavy atom. The lowest BCUT2D eigenvalue weighted by Crippen LogP contribution is -2.34. The van der Waals surface area contributed by atoms with E-state index in [9.17, 15) is 4.79 Å². The Balaban J connectivity index is 0.00000220. The van der Waals surface area contributed by atoms with Crippen LogP contribution in [0.25, 0.3) is 10.6 Å². The van der Waals surface area contributed by atoms with E-state index in [2.05, 4.69) is 4.98 Å². The first kappa shape index (κ1) is 20.9. The average Bonchev–Trinajstić information content (AvgIpc) is 2.87. The quantitative estimate of drug-likeness (QED) is 0.906. The van der Waals surface area contributed by atoms with Gasteiger partial charge >= 0.3 is 0 Å². The maximum Gasteiger partial charge on any atom is 0.236 e. The van der Waals surface area contributed by atoms with Crippen LogP contribution in [0.15, 0.2) is 30.3 Å². The molecule has 0 aliphatic rings. The van der Waals surface area contributed by atoms with Gasteiger partial charge in [0.25, 0.3) is 0 Å². The number of aromatic nitrogens is 1. The van der Waals surface area contributed by atoms with Gasteiger partial charge in [0, 0.05) is 12.6 Å². The van der Waals surface area contributed by atoms with E-state index in [0.29, 0.717) is 0 Å². The van der Waals surface area contributed by atoms with Gasteiger partial charge in [-0.2, -0.15) is 0 Å². The van der Waals surface area contributed by atoms with Crippen molar-refractivity contribution in [3.8, 4) is 10.6 Å². The van der Waals surface area contributed by atoms with Gasteiger partial charge in [0.2, 0.25) is 5.91 Å². The normalized spacial score (nSPS) is 11.1. The van der Waals surface area contributed by atoms with Crippen molar-refractivity contribution in [2.45, 2.75) is 19.9 Å². The number of nitrogens with two attached hydrogens (primary N) is 1. The standard InChI is InChI=1S/C15H19N3OS.2ClH/c1-10-14(11(2)18(3)13(19)9-16)20-15(17-10)12-7-5-4-6-8-12;;/h4-8,11H,9,16H2,1-3H3;2*1H. The van der Waals surface area contributed by atoms with Crippen LogP contribution in [0.4, 0.5) is 0 Å². The lowest BCUT2D eigenvalue weighted by Gasteiger charge is -2.23. The van der Waals surface area contributed by atoms with Crippen LogP contribution in [-0.4, -0.2) is 29.4 Å². The van der Waals surface area contributed by atoms with E-state index in [1.165, 1.54) is 0 Å². The van der Waals surface area contributed by atoms with Gasteiger partial charge in [0.15, 0.2) is 0 Å². The third-order valence-electron chi connectivity index (χ3n) is 3.38. The molecule has 1 amide bonds. The summed E-state index contributed by atoms with van der Waals surface area (Å²) in [6, 6.07) is 10.1. The molecule has 7 heteroatoms. The highest BCUT2D eigenvalue weighted by Gasteiger charge is 2.21. The second-order valence-corrected chi connectivity index (χ2v) is 5.75. The fourth-order valence-electron chi connectivity index (χ4n) is 2.04. The van der Waals surface area contributed by atoms with Crippen LogP contribution in [-0.2, 0) is 4.79 Å². The number of likely N-dealkylation sites (N-methyl/N-ethyl adjacent to an activating group) is 1. The molecule has 0 saturated carbocycles. The smallest absolute Gasteiger partial charge is 0.236 e. The SMILES string of the molecule is Cc1nc(-c2ccccc2)sc1C(C)N(C)C(=O)CN.Cl.Cl. The van der Waals surface area contributed by atoms with Crippen molar-refractivity contribution in [3.05, 3.63) is 40.9 Å². The summed E-state index contributed by atoms with van der Waals surface area (Å²) < 4.78 is 0. The molecule has 0 fully saturated rings. The number of hydrogen-bond acceptors (Lipinski definition) is 4. The van der Waals surface area contributed by atoms with Crippen LogP contribution in [0.3, 0.4) is 0 Å². The van der Waals surface area contributed by atoms with Gasteiger partial charge in [-0.15, -0.1) is 36.2 Å². The molecule has 0 radical (unpaired) electrons. The number of benzene rings is 1. The Morgan fingerprint density at radius 2 is 1.91 bits per heavy atom. The third kappa shape index (κ3) is 4.43. The Morgan fingerprint density at radius 1 is 1.32 bits per heavy atom. The molecule has 0 aliphatic heterocycles. The van der Waals surface area contributed by atoms with Gasteiger partial charge < -0.3 is 10.6 Å². The molecule has 0 bridgehead atoms. The van der Waals surface area contributed by atoms with Crippen molar-refractivity contribution < 1.29 is 4.79 Å². The molecule has 1 unspecified atom stereocenters. The molecular formula is C15H21Cl2N3OS. The molecule has 2 aromatic rings. The Kier molecular flexibility index (Phi) is 8.63. The van der Waals surface area contributed by atoms with Crippen LogP contribution in [0.5, 0.6) is 0 Å². The highest BCUT2D eigenvalue weighted by atomic mass is 35.5. The summed E-state index contributed by atoms with van der Waals surface area (Å²) in [6.45, 7) is 4.02. The summed E-state index contributed by atoms with van der Waals surface area (Å²) >= 11 is 1.63. The number of hydrogen-bond donors (Lipinski definition) is 1. The van der Waals surface area contributed by atoms with Crippen LogP contribution < -0.4 is 5.73 Å². The maximum absolute atomic E-state index is 11.7. The van der Waals surface area contributed by atoms with E-state index in [0.717, 1.165) is 21.1 Å². The number of rotatable bonds is 4. The van der Waals surface area contributed by atoms with Crippen molar-refractivity contribution in [2.24, 2.45) is 5.73 Å². The molecule has 1 heterocycles. The van der Waals surface area contributed by atoms with E-state index in [1.807, 2.05) is 44.2 Å². The number of thiazole rings is 1. The minimum Gasteiger partial charge on any atom is -0.337 e. The summed E-state index contributed by atoms with van der Waals surface area (Å²) in [5.74, 6) is -0.0634. The van der Waals surface area contributed by atoms with Gasteiger partial charge in [0.1, 0.15) is 5.01 Å². The molecule has 2 N–H and O–H groups in total. The summed E-state index contributed by atoms with van der Waals surface area (Å²) in [7, 11) is 1.78. The summed E-state index contributed by atoms with van der Waals surface area (Å²) in [5.41, 5.74) is 7.49. The van der Waals surface area contributed by atoms with Gasteiger partial charge in [-0.1, -0.05) is 30.3 Å². The molecule has 4 nitrogen and oxygen atoms in total. The first-order valence-corrected chi connectivity index (χ1v) is 7.34. The summed E-state index contributed by atoms with van der Waals surface area (Å²) in [4.78, 5) is 19.1. The Bertz CT molecular complexity index is 604. The van der Waals surface area contributed by atoms with Crippen molar-refractivity contribution in [1.82, 2.24) is 9.88 Å². The highest BCUT2D eigenvalue weighted by Crippen LogP contribution is 2.33. The summed E-state index contributed by atoms with van der Waals surface area (Å²) in [6.07, 6.45) is 0. The first-order valence-electron chi connectivity index (χ1n) is 6.53. The largest absolute Gasteiger partial charge is 0.337 e. The molecule has 22 heavy (non-hydrogen) atoms. The van der Waals surface area contributed by atoms with Crippen molar-refractivity contribution >= 4 is 42.1 Å². The molecule has 0 aliphatic carbocycles. The monoisotopic (exact) mass is 361 g/mol. The second-order valence-electron chi connectivity index (χ2n) is 4.72. The van der Waals surface area contributed by atoms with Crippen LogP contribution in [0, 0.1) is 6.92 Å². The molecular weight excluding hydrogens is 341 g/mol. The molecule has 1 atom stereocenters. The number of aryl methyl sites for hydroxylation is 1. The van der Waals surface area contributed by atoms with Gasteiger partial charge in [-0.3, -0.25) is 4.79 Å². The van der Waals surface area contributed by atoms with E-state index in [1.54, 1.807) is 23.3 Å². The molecule has 0 spiro atoms. The Hall–Kier alpha value is -1.14. The predicted octanol–water partition coefficient (Wildman–Crippen LogP) is 3.44. The zero-order valence-electron chi connectivity index (χ0n) is 12.8. The number of halogens is 2. The fraction of sp³-hybridized carbons (Fsp3) is 0.333. The maximum atomic E-state index is 11.7. The van der Waals surface area contributed by atoms with Crippen molar-refractivity contribution in [1.29, 1.82) is 0 Å². The zero-order valence-corrected chi connectivity index (χ0v) is 15.2. The van der Waals surface area contributed by atoms with E-state index in [-0.39, 0.29) is 43.3 Å². The summed E-state index contributed by atoms with van der Waals surface area (Å²) in [5, 5.41) is 0.985. The van der Waals surface area contributed by atoms with Crippen LogP contribution in [0.2, 0.25) is 0 Å². The first-order chi connectivity index (χ1) is 9.54. The minimum atomic E-state index is -0.0634. The highest BCUT2D eigenvalue weighted by molar-refractivity contribution is 7.15. The van der Waals surface area contributed by atoms with E-state index < -0.39 is 0 Å². The van der Waals surface area contributed by atoms with E-state index in [4.69, 9.17) is 5.73 Å². The predicted molar refractivity (Wildman–Crippen MR) is 97.0 cm³/mol. The topological polar surface area (TPSA) is 59.2 Å². The number of amides is 1. The van der Waals surface area contributed by atoms with Gasteiger partial charge in [-0.05, 0) is 13.8 Å². The van der Waals surface area contributed by atoms with Crippen molar-refractivity contribution in [3.63, 3.8) is 0 Å². The minimum absolute atomic E-state index is 0. The third-order valence-corrected chi connectivity index (χ3v) is 4.76. The van der Waals surface area contributed by atoms with Crippen molar-refractivity contribution in [2.75, 3.05) is 13.6 Å². The van der Waals surface area contributed by atoms with Crippen LogP contribution in [0.1, 0.15) is 23.5 Å². The second kappa shape index (κ2) is 9.10. The Labute approximate surface area is 147 Å². The van der Waals surface area contributed by atoms with Gasteiger partial charge in [-0.25, -0.2) is 4.98 Å². The molecule has 2 rings (SSSR count). The number of nitrogens with zero attached hydrogens (tertiary/aromatic N) is 2. The van der Waals surface area contributed by atoms with Gasteiger partial charge in [0.05, 0.1) is 23.2 Å². The van der Waals surface area contributed by atoms with Crippen LogP contribution >= 0.6 is 36.2 Å². The fourth-order valence-corrected chi connectivity index (χ4v) is 3.20. The number of carbonyl (C=O) groups is 1. The molecule has 0 saturated heterocycles. The number of carbonyl (C=O) groups excluding carboxylic acids is 1. The molecule has 1 aromatic carbocycles. The zero-order chi connectivity index (χ0) is 14.7. The lowest BCUT2D eigenvalue weighted by molar-refractivity contribution is -0.130. The molecule has 122 valence electrons. The van der Waals surface area contributed by atoms with E-state index >= 15 is 0 Å². The lowest BCUT2D eigenvalue weighted by atomic mass is 10.2. The molecule has 1 aromatic heterocycles.